The van der Waals surface area contributed by atoms with Crippen molar-refractivity contribution in [1.82, 2.24) is 15.0 Å². The van der Waals surface area contributed by atoms with Crippen LogP contribution in [-0.2, 0) is 6.54 Å². The maximum atomic E-state index is 11.9. The van der Waals surface area contributed by atoms with Gasteiger partial charge in [0.25, 0.3) is 5.91 Å². The highest BCUT2D eigenvalue weighted by molar-refractivity contribution is 6.06. The van der Waals surface area contributed by atoms with E-state index in [0.717, 1.165) is 33.9 Å². The van der Waals surface area contributed by atoms with Gasteiger partial charge in [0, 0.05) is 24.5 Å². The Bertz CT molecular complexity index is 1240. The first-order chi connectivity index (χ1) is 14.6. The summed E-state index contributed by atoms with van der Waals surface area (Å²) in [6, 6.07) is 15.8. The van der Waals surface area contributed by atoms with E-state index in [-0.39, 0.29) is 6.17 Å². The SMILES string of the molecule is Cc1cc2c(C(N)=O)cccn2c1C1N=C(NCc2ccccc2)C2=C(C=NC2)N1. The quantitative estimate of drug-likeness (QED) is 0.630. The Labute approximate surface area is 174 Å². The third kappa shape index (κ3) is 3.04. The number of rotatable bonds is 4. The summed E-state index contributed by atoms with van der Waals surface area (Å²) in [5.41, 5.74) is 12.1. The van der Waals surface area contributed by atoms with Gasteiger partial charge in [0.15, 0.2) is 6.17 Å². The lowest BCUT2D eigenvalue weighted by Gasteiger charge is -2.25. The van der Waals surface area contributed by atoms with Crippen LogP contribution < -0.4 is 16.4 Å². The summed E-state index contributed by atoms with van der Waals surface area (Å²) in [6.07, 6.45) is 3.49. The van der Waals surface area contributed by atoms with E-state index in [1.165, 1.54) is 5.56 Å². The van der Waals surface area contributed by atoms with Crippen molar-refractivity contribution in [2.45, 2.75) is 19.6 Å². The molecule has 0 fully saturated rings. The van der Waals surface area contributed by atoms with Gasteiger partial charge in [-0.25, -0.2) is 4.99 Å². The third-order valence-corrected chi connectivity index (χ3v) is 5.51. The molecule has 0 aliphatic carbocycles. The highest BCUT2D eigenvalue weighted by atomic mass is 16.1. The average Bonchev–Trinajstić information content (AvgIpc) is 3.35. The zero-order chi connectivity index (χ0) is 20.7. The van der Waals surface area contributed by atoms with E-state index in [9.17, 15) is 4.79 Å². The Morgan fingerprint density at radius 1 is 1.27 bits per heavy atom. The molecule has 2 aromatic heterocycles. The minimum Gasteiger partial charge on any atom is -0.366 e. The molecule has 4 N–H and O–H groups in total. The average molecular weight is 398 g/mol. The number of aliphatic imine (C=N–C) groups is 2. The van der Waals surface area contributed by atoms with Crippen molar-refractivity contribution in [3.8, 4) is 0 Å². The summed E-state index contributed by atoms with van der Waals surface area (Å²) < 4.78 is 1.99. The minimum absolute atomic E-state index is 0.308. The maximum absolute atomic E-state index is 11.9. The lowest BCUT2D eigenvalue weighted by molar-refractivity contribution is 0.100. The van der Waals surface area contributed by atoms with Gasteiger partial charge in [-0.2, -0.15) is 0 Å². The molecule has 5 rings (SSSR count). The molecule has 1 aromatic carbocycles. The number of benzene rings is 1. The van der Waals surface area contributed by atoms with Crippen LogP contribution in [0.5, 0.6) is 0 Å². The van der Waals surface area contributed by atoms with Crippen LogP contribution in [0.4, 0.5) is 0 Å². The number of nitrogens with zero attached hydrogens (tertiary/aromatic N) is 3. The topological polar surface area (TPSA) is 96.3 Å². The predicted molar refractivity (Wildman–Crippen MR) is 118 cm³/mol. The van der Waals surface area contributed by atoms with Crippen LogP contribution in [0.2, 0.25) is 0 Å². The summed E-state index contributed by atoms with van der Waals surface area (Å²) in [6.45, 7) is 3.31. The molecule has 0 saturated carbocycles. The minimum atomic E-state index is -0.442. The maximum Gasteiger partial charge on any atom is 0.250 e. The highest BCUT2D eigenvalue weighted by Gasteiger charge is 2.28. The summed E-state index contributed by atoms with van der Waals surface area (Å²) in [4.78, 5) is 21.3. The van der Waals surface area contributed by atoms with Crippen molar-refractivity contribution in [3.63, 3.8) is 0 Å². The molecular formula is C23H22N6O. The van der Waals surface area contributed by atoms with Crippen LogP contribution in [0.3, 0.4) is 0 Å². The second kappa shape index (κ2) is 7.18. The number of carbonyl (C=O) groups excluding carboxylic acids is 1. The number of pyridine rings is 1. The fourth-order valence-electron chi connectivity index (χ4n) is 4.07. The monoisotopic (exact) mass is 398 g/mol. The number of primary amides is 1. The van der Waals surface area contributed by atoms with Crippen LogP contribution in [0.1, 0.15) is 33.3 Å². The van der Waals surface area contributed by atoms with Crippen LogP contribution in [0.25, 0.3) is 5.52 Å². The fourth-order valence-corrected chi connectivity index (χ4v) is 4.07. The van der Waals surface area contributed by atoms with Gasteiger partial charge in [-0.1, -0.05) is 30.3 Å². The van der Waals surface area contributed by atoms with Crippen molar-refractivity contribution in [1.29, 1.82) is 0 Å². The van der Waals surface area contributed by atoms with Crippen molar-refractivity contribution in [2.24, 2.45) is 15.7 Å². The van der Waals surface area contributed by atoms with E-state index >= 15 is 0 Å². The molecule has 0 radical (unpaired) electrons. The van der Waals surface area contributed by atoms with Crippen molar-refractivity contribution in [3.05, 3.63) is 88.4 Å². The molecule has 0 bridgehead atoms. The third-order valence-electron chi connectivity index (χ3n) is 5.51. The molecule has 2 aliphatic heterocycles. The number of aromatic nitrogens is 1. The number of aryl methyl sites for hydroxylation is 1. The van der Waals surface area contributed by atoms with Gasteiger partial charge >= 0.3 is 0 Å². The van der Waals surface area contributed by atoms with E-state index in [0.29, 0.717) is 18.7 Å². The van der Waals surface area contributed by atoms with Gasteiger partial charge in [0.2, 0.25) is 0 Å². The van der Waals surface area contributed by atoms with Crippen molar-refractivity contribution < 1.29 is 4.79 Å². The zero-order valence-electron chi connectivity index (χ0n) is 16.6. The van der Waals surface area contributed by atoms with Gasteiger partial charge in [-0.05, 0) is 36.2 Å². The van der Waals surface area contributed by atoms with Crippen LogP contribution in [0.15, 0.2) is 76.0 Å². The second-order valence-electron chi connectivity index (χ2n) is 7.48. The molecule has 1 amide bonds. The first kappa shape index (κ1) is 18.2. The van der Waals surface area contributed by atoms with Gasteiger partial charge in [-0.3, -0.25) is 9.79 Å². The highest BCUT2D eigenvalue weighted by Crippen LogP contribution is 2.30. The molecule has 3 aromatic rings. The summed E-state index contributed by atoms with van der Waals surface area (Å²) in [7, 11) is 0. The van der Waals surface area contributed by atoms with Crippen LogP contribution in [-0.4, -0.2) is 28.9 Å². The molecular weight excluding hydrogens is 376 g/mol. The Morgan fingerprint density at radius 3 is 2.90 bits per heavy atom. The molecule has 4 heterocycles. The lowest BCUT2D eigenvalue weighted by atomic mass is 10.1. The molecule has 150 valence electrons. The summed E-state index contributed by atoms with van der Waals surface area (Å²) in [5, 5.41) is 6.98. The Kier molecular flexibility index (Phi) is 4.35. The number of amidine groups is 1. The second-order valence-corrected chi connectivity index (χ2v) is 7.48. The van der Waals surface area contributed by atoms with Gasteiger partial charge in [0.1, 0.15) is 5.84 Å². The molecule has 30 heavy (non-hydrogen) atoms. The van der Waals surface area contributed by atoms with E-state index in [4.69, 9.17) is 10.7 Å². The van der Waals surface area contributed by atoms with E-state index in [2.05, 4.69) is 27.8 Å². The molecule has 1 unspecified atom stereocenters. The number of fused-ring (bicyclic) bond motifs is 1. The van der Waals surface area contributed by atoms with Crippen molar-refractivity contribution in [2.75, 3.05) is 6.54 Å². The largest absolute Gasteiger partial charge is 0.366 e. The Hall–Kier alpha value is -3.87. The van der Waals surface area contributed by atoms with Gasteiger partial charge in [-0.15, -0.1) is 0 Å². The number of amides is 1. The lowest BCUT2D eigenvalue weighted by Crippen LogP contribution is -2.36. The van der Waals surface area contributed by atoms with Crippen molar-refractivity contribution >= 4 is 23.5 Å². The van der Waals surface area contributed by atoms with Crippen LogP contribution >= 0.6 is 0 Å². The number of hydrogen-bond donors (Lipinski definition) is 3. The van der Waals surface area contributed by atoms with Crippen LogP contribution in [0, 0.1) is 6.92 Å². The number of nitrogens with one attached hydrogen (secondary N) is 2. The van der Waals surface area contributed by atoms with E-state index in [1.807, 2.05) is 54.1 Å². The number of allylic oxidation sites excluding steroid dienone is 1. The molecule has 7 nitrogen and oxygen atoms in total. The Morgan fingerprint density at radius 2 is 2.10 bits per heavy atom. The molecule has 2 aliphatic rings. The fraction of sp³-hybridized carbons (Fsp3) is 0.174. The normalized spacial score (nSPS) is 17.6. The zero-order valence-corrected chi connectivity index (χ0v) is 16.6. The van der Waals surface area contributed by atoms with Gasteiger partial charge < -0.3 is 20.8 Å². The van der Waals surface area contributed by atoms with Gasteiger partial charge in [0.05, 0.1) is 29.0 Å². The first-order valence-electron chi connectivity index (χ1n) is 9.87. The number of nitrogens with two attached hydrogens (primary N) is 1. The van der Waals surface area contributed by atoms with E-state index in [1.54, 1.807) is 6.07 Å². The first-order valence-corrected chi connectivity index (χ1v) is 9.87. The van der Waals surface area contributed by atoms with E-state index < -0.39 is 5.91 Å². The standard InChI is InChI=1S/C23H22N6O/c1-14-10-19-16(21(24)30)8-5-9-29(19)20(14)23-27-18-13-25-12-17(18)22(28-23)26-11-15-6-3-2-4-7-15/h2-10,13,23,27H,11-12H2,1H3,(H2,24,30)(H,26,28). The number of carbonyl (C=O) groups is 1. The summed E-state index contributed by atoms with van der Waals surface area (Å²) >= 11 is 0. The number of hydrogen-bond acceptors (Lipinski definition) is 5. The Balaban J connectivity index is 1.54. The molecule has 7 heteroatoms. The molecule has 0 saturated heterocycles. The smallest absolute Gasteiger partial charge is 0.250 e. The molecule has 1 atom stereocenters. The molecule has 0 spiro atoms. The predicted octanol–water partition coefficient (Wildman–Crippen LogP) is 2.48. The summed E-state index contributed by atoms with van der Waals surface area (Å²) in [5.74, 6) is 0.401.